The van der Waals surface area contributed by atoms with Crippen LogP contribution in [-0.2, 0) is 26.8 Å². The Balaban J connectivity index is 2.69. The molecular weight excluding hydrogens is 260 g/mol. The Hall–Kier alpha value is -0.880. The number of aryl methyl sites for hydroxylation is 1. The smallest absolute Gasteiger partial charge is 0.307 e. The molecule has 0 aliphatic heterocycles. The number of carboxylic acid groups (broad SMARTS) is 1. The van der Waals surface area contributed by atoms with Crippen molar-refractivity contribution in [3.8, 4) is 0 Å². The molecule has 6 heteroatoms. The first-order valence-corrected chi connectivity index (χ1v) is 7.98. The Kier molecular flexibility index (Phi) is 4.70. The minimum Gasteiger partial charge on any atom is -0.481 e. The van der Waals surface area contributed by atoms with E-state index >= 15 is 0 Å². The normalized spacial score (nSPS) is 13.5. The summed E-state index contributed by atoms with van der Waals surface area (Å²) in [6, 6.07) is 3.71. The molecule has 0 fully saturated rings. The number of hydrogen-bond donors (Lipinski definition) is 1. The van der Waals surface area contributed by atoms with E-state index in [1.165, 1.54) is 18.3 Å². The predicted molar refractivity (Wildman–Crippen MR) is 68.0 cm³/mol. The van der Waals surface area contributed by atoms with Crippen LogP contribution in [0, 0.1) is 5.92 Å². The number of sulfone groups is 1. The molecule has 0 radical (unpaired) electrons. The largest absolute Gasteiger partial charge is 0.481 e. The number of thiophene rings is 1. The van der Waals surface area contributed by atoms with Gasteiger partial charge >= 0.3 is 5.97 Å². The van der Waals surface area contributed by atoms with Crippen LogP contribution in [-0.4, -0.2) is 25.2 Å². The monoisotopic (exact) mass is 276 g/mol. The van der Waals surface area contributed by atoms with Crippen LogP contribution in [0.25, 0.3) is 0 Å². The first-order chi connectivity index (χ1) is 7.84. The standard InChI is InChI=1S/C11H16O4S2/c1-3-9-4-5-10(16-9)7-17(14,15)6-8(2)11(12)13/h4-5,8H,3,6-7H2,1-2H3,(H,12,13). The molecule has 0 saturated heterocycles. The van der Waals surface area contributed by atoms with Gasteiger partial charge in [-0.2, -0.15) is 0 Å². The molecule has 1 aromatic rings. The highest BCUT2D eigenvalue weighted by Crippen LogP contribution is 2.20. The van der Waals surface area contributed by atoms with E-state index in [1.54, 1.807) is 6.07 Å². The van der Waals surface area contributed by atoms with Crippen LogP contribution >= 0.6 is 11.3 Å². The second-order valence-electron chi connectivity index (χ2n) is 4.02. The maximum Gasteiger partial charge on any atom is 0.307 e. The van der Waals surface area contributed by atoms with Crippen molar-refractivity contribution >= 4 is 27.1 Å². The second-order valence-corrected chi connectivity index (χ2v) is 7.38. The first-order valence-electron chi connectivity index (χ1n) is 5.35. The Labute approximate surface area is 105 Å². The fraction of sp³-hybridized carbons (Fsp3) is 0.545. The van der Waals surface area contributed by atoms with Crippen LogP contribution in [0.2, 0.25) is 0 Å². The van der Waals surface area contributed by atoms with E-state index in [1.807, 2.05) is 13.0 Å². The molecule has 0 bridgehead atoms. The second kappa shape index (κ2) is 5.64. The zero-order valence-corrected chi connectivity index (χ0v) is 11.5. The summed E-state index contributed by atoms with van der Waals surface area (Å²) >= 11 is 1.47. The van der Waals surface area contributed by atoms with Gasteiger partial charge in [0.1, 0.15) is 0 Å². The number of hydrogen-bond acceptors (Lipinski definition) is 4. The summed E-state index contributed by atoms with van der Waals surface area (Å²) < 4.78 is 23.5. The van der Waals surface area contributed by atoms with E-state index in [0.29, 0.717) is 0 Å². The quantitative estimate of drug-likeness (QED) is 0.862. The van der Waals surface area contributed by atoms with Crippen LogP contribution in [0.1, 0.15) is 23.6 Å². The molecule has 17 heavy (non-hydrogen) atoms. The topological polar surface area (TPSA) is 71.4 Å². The molecular formula is C11H16O4S2. The molecule has 0 saturated carbocycles. The average molecular weight is 276 g/mol. The lowest BCUT2D eigenvalue weighted by Gasteiger charge is -2.06. The summed E-state index contributed by atoms with van der Waals surface area (Å²) in [6.07, 6.45) is 0.885. The van der Waals surface area contributed by atoms with Gasteiger partial charge in [-0.25, -0.2) is 8.42 Å². The summed E-state index contributed by atoms with van der Waals surface area (Å²) in [5.74, 6) is -2.30. The van der Waals surface area contributed by atoms with Crippen LogP contribution in [0.3, 0.4) is 0 Å². The van der Waals surface area contributed by atoms with E-state index in [0.717, 1.165) is 16.2 Å². The highest BCUT2D eigenvalue weighted by atomic mass is 32.2. The minimum absolute atomic E-state index is 0.0602. The molecule has 0 aliphatic rings. The van der Waals surface area contributed by atoms with Gasteiger partial charge in [-0.05, 0) is 18.6 Å². The fourth-order valence-corrected chi connectivity index (χ4v) is 4.50. The molecule has 1 aromatic heterocycles. The molecule has 1 unspecified atom stereocenters. The molecule has 0 spiro atoms. The lowest BCUT2D eigenvalue weighted by atomic mass is 10.2. The highest BCUT2D eigenvalue weighted by Gasteiger charge is 2.21. The third-order valence-corrected chi connectivity index (χ3v) is 5.52. The van der Waals surface area contributed by atoms with Gasteiger partial charge in [0.25, 0.3) is 0 Å². The Morgan fingerprint density at radius 1 is 1.41 bits per heavy atom. The lowest BCUT2D eigenvalue weighted by Crippen LogP contribution is -2.21. The molecule has 0 aromatic carbocycles. The van der Waals surface area contributed by atoms with E-state index in [2.05, 4.69) is 0 Å². The van der Waals surface area contributed by atoms with Crippen molar-refractivity contribution in [3.05, 3.63) is 21.9 Å². The van der Waals surface area contributed by atoms with Gasteiger partial charge in [0.15, 0.2) is 9.84 Å². The summed E-state index contributed by atoms with van der Waals surface area (Å²) in [5, 5.41) is 8.69. The maximum absolute atomic E-state index is 11.8. The minimum atomic E-state index is -3.34. The summed E-state index contributed by atoms with van der Waals surface area (Å²) in [6.45, 7) is 3.42. The number of aliphatic carboxylic acids is 1. The summed E-state index contributed by atoms with van der Waals surface area (Å²) in [4.78, 5) is 12.5. The fourth-order valence-electron chi connectivity index (χ4n) is 1.42. The Morgan fingerprint density at radius 3 is 2.47 bits per heavy atom. The van der Waals surface area contributed by atoms with Crippen molar-refractivity contribution in [1.29, 1.82) is 0 Å². The van der Waals surface area contributed by atoms with Gasteiger partial charge in [0, 0.05) is 9.75 Å². The average Bonchev–Trinajstić information content (AvgIpc) is 2.63. The van der Waals surface area contributed by atoms with Crippen LogP contribution in [0.5, 0.6) is 0 Å². The van der Waals surface area contributed by atoms with Crippen LogP contribution in [0.15, 0.2) is 12.1 Å². The van der Waals surface area contributed by atoms with Gasteiger partial charge < -0.3 is 5.11 Å². The Bertz CT molecular complexity index is 487. The van der Waals surface area contributed by atoms with Gasteiger partial charge in [-0.1, -0.05) is 13.8 Å². The number of carboxylic acids is 1. The van der Waals surface area contributed by atoms with Gasteiger partial charge in [0.2, 0.25) is 0 Å². The lowest BCUT2D eigenvalue weighted by molar-refractivity contribution is -0.140. The molecule has 4 nitrogen and oxygen atoms in total. The molecule has 1 rings (SSSR count). The van der Waals surface area contributed by atoms with E-state index in [4.69, 9.17) is 5.11 Å². The third kappa shape index (κ3) is 4.47. The maximum atomic E-state index is 11.8. The van der Waals surface area contributed by atoms with Gasteiger partial charge in [-0.15, -0.1) is 11.3 Å². The van der Waals surface area contributed by atoms with E-state index in [9.17, 15) is 13.2 Å². The third-order valence-electron chi connectivity index (χ3n) is 2.35. The van der Waals surface area contributed by atoms with Gasteiger partial charge in [0.05, 0.1) is 17.4 Å². The van der Waals surface area contributed by atoms with Crippen LogP contribution in [0.4, 0.5) is 0 Å². The molecule has 1 heterocycles. The Morgan fingerprint density at radius 2 is 2.00 bits per heavy atom. The van der Waals surface area contributed by atoms with Crippen molar-refractivity contribution in [2.75, 3.05) is 5.75 Å². The van der Waals surface area contributed by atoms with Crippen molar-refractivity contribution < 1.29 is 18.3 Å². The number of rotatable bonds is 6. The first kappa shape index (κ1) is 14.2. The highest BCUT2D eigenvalue weighted by molar-refractivity contribution is 7.90. The molecule has 0 amide bonds. The molecule has 0 aliphatic carbocycles. The molecule has 96 valence electrons. The molecule has 1 atom stereocenters. The van der Waals surface area contributed by atoms with E-state index < -0.39 is 21.7 Å². The SMILES string of the molecule is CCc1ccc(CS(=O)(=O)CC(C)C(=O)O)s1. The van der Waals surface area contributed by atoms with Crippen molar-refractivity contribution in [2.24, 2.45) is 5.92 Å². The van der Waals surface area contributed by atoms with Crippen molar-refractivity contribution in [2.45, 2.75) is 26.0 Å². The zero-order chi connectivity index (χ0) is 13.1. The van der Waals surface area contributed by atoms with Gasteiger partial charge in [-0.3, -0.25) is 4.79 Å². The summed E-state index contributed by atoms with van der Waals surface area (Å²) in [5.41, 5.74) is 0. The van der Waals surface area contributed by atoms with Crippen molar-refractivity contribution in [3.63, 3.8) is 0 Å². The van der Waals surface area contributed by atoms with Crippen LogP contribution < -0.4 is 0 Å². The predicted octanol–water partition coefficient (Wildman–Crippen LogP) is 1.95. The summed E-state index contributed by atoms with van der Waals surface area (Å²) in [7, 11) is -3.34. The van der Waals surface area contributed by atoms with E-state index in [-0.39, 0.29) is 11.5 Å². The molecule has 1 N–H and O–H groups in total. The zero-order valence-electron chi connectivity index (χ0n) is 9.84. The number of carbonyl (C=O) groups is 1. The van der Waals surface area contributed by atoms with Crippen molar-refractivity contribution in [1.82, 2.24) is 0 Å².